The Balaban J connectivity index is 1.47. The molecule has 6 aromatic rings. The van der Waals surface area contributed by atoms with E-state index in [0.717, 1.165) is 0 Å². The zero-order chi connectivity index (χ0) is 99.8. The molecule has 6 aromatic carbocycles. The summed E-state index contributed by atoms with van der Waals surface area (Å²) in [5.41, 5.74) is -8.29. The van der Waals surface area contributed by atoms with Crippen LogP contribution in [-0.2, 0) is 113 Å². The number of aliphatic imine (C=N–C) groups is 2. The van der Waals surface area contributed by atoms with Gasteiger partial charge in [0.1, 0.15) is 81.6 Å². The van der Waals surface area contributed by atoms with E-state index in [1.807, 2.05) is 0 Å². The molecule has 6 rings (SSSR count). The molecule has 0 saturated heterocycles. The van der Waals surface area contributed by atoms with Gasteiger partial charge in [0.05, 0.1) is 37.1 Å². The molecule has 0 saturated carbocycles. The largest absolute Gasteiger partial charge is 0.460 e. The summed E-state index contributed by atoms with van der Waals surface area (Å²) < 4.78 is 134. The van der Waals surface area contributed by atoms with Crippen molar-refractivity contribution in [3.8, 4) is 11.5 Å². The zero-order valence-electron chi connectivity index (χ0n) is 79.5. The van der Waals surface area contributed by atoms with Crippen molar-refractivity contribution >= 4 is 116 Å². The number of hydrogen-bond donors (Lipinski definition) is 4. The summed E-state index contributed by atoms with van der Waals surface area (Å²) in [4.78, 5) is 176. The second kappa shape index (κ2) is 45.8. The zero-order valence-corrected chi connectivity index (χ0v) is 81.1. The van der Waals surface area contributed by atoms with Crippen LogP contribution in [0.5, 0.6) is 11.5 Å². The third-order valence-corrected chi connectivity index (χ3v) is 20.2. The van der Waals surface area contributed by atoms with E-state index in [2.05, 4.69) is 31.3 Å². The minimum absolute atomic E-state index is 0.0236. The van der Waals surface area contributed by atoms with E-state index in [9.17, 15) is 38.4 Å². The lowest BCUT2D eigenvalue weighted by atomic mass is 10.1. The van der Waals surface area contributed by atoms with E-state index in [1.165, 1.54) is 180 Å². The molecule has 4 N–H and O–H groups in total. The monoisotopic (exact) mass is 1890 g/mol. The highest BCUT2D eigenvalue weighted by Gasteiger charge is 2.48. The van der Waals surface area contributed by atoms with Crippen LogP contribution < -0.4 is 30.7 Å². The molecule has 133 heavy (non-hydrogen) atoms. The number of benzene rings is 6. The van der Waals surface area contributed by atoms with Crippen LogP contribution in [0.3, 0.4) is 0 Å². The number of alkyl carbamates (subject to hydrolysis) is 2. The molecule has 38 nitrogen and oxygen atoms in total. The number of ether oxygens (including phenoxy) is 12. The number of hydrogen-bond acceptors (Lipinski definition) is 28. The minimum atomic E-state index is -5.79. The van der Waals surface area contributed by atoms with Crippen LogP contribution >= 0.6 is 0 Å². The van der Waals surface area contributed by atoms with Crippen molar-refractivity contribution in [2.24, 2.45) is 9.98 Å². The third-order valence-electron chi connectivity index (χ3n) is 16.5. The Kier molecular flexibility index (Phi) is 37.5. The van der Waals surface area contributed by atoms with Gasteiger partial charge in [-0.15, -0.1) is 9.98 Å². The molecule has 0 aliphatic carbocycles. The molecular weight excluding hydrogens is 1770 g/mol. The molecule has 40 heteroatoms. The van der Waals surface area contributed by atoms with Gasteiger partial charge in [-0.3, -0.25) is 29.8 Å². The number of carbonyl (C=O) groups is 12. The maximum absolute atomic E-state index is 16.4. The van der Waals surface area contributed by atoms with Crippen molar-refractivity contribution in [3.05, 3.63) is 191 Å². The molecule has 6 amide bonds. The summed E-state index contributed by atoms with van der Waals surface area (Å²) >= 11 is 0. The Hall–Kier alpha value is -13.1. The van der Waals surface area contributed by atoms with Crippen LogP contribution in [0.15, 0.2) is 168 Å². The molecule has 0 bridgehead atoms. The molecule has 0 heterocycles. The standard InChI is InChI=1S/C93H122N10O28S2/c1-86(2,3)124-72(104)54-70(76(108)126-88(7,8)9)100(132(116,117)102(84(114)120-58-62-32-27-25-28-33-62)56-60-36-48-68(49-37-60)122-74(106)64-40-44-66(45-41-64)94-78(96-80(110)128-90(13,14)15)97-81(111)129-91(16,17)18)52-31-53-101(71(77(109)127-89(10,11)12)55-73(105)125-87(4,5)6)133(118,119)103(85(115)121-59-63-34-29-26-30-35-63)57-61-38-50-69(51-39-61)123-75(107)65-42-46-67(47-43-65)95-79(98-82(112)130-92(19,20)21)99-83(113)131-93(22,23)24/h25-30,32-51,70-71H,31,52-59H2,1-24H3,(H2,94,96,97,110,111)(H2,95,98,99,112,113)/t70-,71-/m0/s1. The predicted molar refractivity (Wildman–Crippen MR) is 489 cm³/mol. The fourth-order valence-electron chi connectivity index (χ4n) is 11.4. The first kappa shape index (κ1) is 109. The number of esters is 6. The first-order chi connectivity index (χ1) is 61.3. The number of rotatable bonds is 30. The van der Waals surface area contributed by atoms with E-state index in [1.54, 1.807) is 144 Å². The van der Waals surface area contributed by atoms with Crippen molar-refractivity contribution in [1.29, 1.82) is 0 Å². The van der Waals surface area contributed by atoms with Crippen LogP contribution in [0.1, 0.15) is 228 Å². The highest BCUT2D eigenvalue weighted by molar-refractivity contribution is 7.87. The van der Waals surface area contributed by atoms with Gasteiger partial charge in [0.25, 0.3) is 0 Å². The topological polar surface area (TPSA) is 470 Å². The van der Waals surface area contributed by atoms with E-state index in [0.29, 0.717) is 19.7 Å². The lowest BCUT2D eigenvalue weighted by Gasteiger charge is -2.37. The molecule has 0 radical (unpaired) electrons. The molecule has 0 aliphatic heterocycles. The fraction of sp³-hybridized carbons (Fsp3) is 0.462. The maximum Gasteiger partial charge on any atom is 0.437 e. The second-order valence-electron chi connectivity index (χ2n) is 38.0. The SMILES string of the molecule is CC(C)(C)OC(=O)C[C@@H](C(=O)OC(C)(C)C)N(CCCN([C@@H](CC(=O)OC(C)(C)C)C(=O)OC(C)(C)C)S(=O)(=O)N(Cc1ccc(OC(=O)c2ccc(NC(=NC(=O)OC(C)(C)C)NC(=O)OC(C)(C)C)cc2)cc1)C(=O)OCc1ccccc1)S(=O)(=O)N(Cc1ccc(OC(=O)c2ccc(NC(=NC(=O)OC(C)(C)C)NC(=O)OC(C)(C)C)cc2)cc1)C(=O)OCc1ccccc1. The Bertz CT molecular complexity index is 5040. The number of guanidine groups is 2. The lowest BCUT2D eigenvalue weighted by Crippen LogP contribution is -2.57. The Morgan fingerprint density at radius 2 is 0.624 bits per heavy atom. The summed E-state index contributed by atoms with van der Waals surface area (Å²) in [6.45, 7) is 31.6. The van der Waals surface area contributed by atoms with Gasteiger partial charge in [-0.05, 0) is 268 Å². The van der Waals surface area contributed by atoms with E-state index >= 15 is 36.0 Å². The van der Waals surface area contributed by atoms with Gasteiger partial charge in [0.2, 0.25) is 11.9 Å². The van der Waals surface area contributed by atoms with Gasteiger partial charge in [-0.2, -0.15) is 34.1 Å². The summed E-state index contributed by atoms with van der Waals surface area (Å²) in [6, 6.07) is 32.4. The molecule has 2 atom stereocenters. The maximum atomic E-state index is 16.4. The van der Waals surface area contributed by atoms with Gasteiger partial charge < -0.3 is 67.5 Å². The molecule has 0 aliphatic rings. The van der Waals surface area contributed by atoms with Crippen molar-refractivity contribution in [3.63, 3.8) is 0 Å². The van der Waals surface area contributed by atoms with Gasteiger partial charge in [0.15, 0.2) is 0 Å². The summed E-state index contributed by atoms with van der Waals surface area (Å²) in [5, 5.41) is 10.3. The Labute approximate surface area is 776 Å². The molecule has 0 aromatic heterocycles. The second-order valence-corrected chi connectivity index (χ2v) is 41.6. The molecule has 724 valence electrons. The molecule has 0 unspecified atom stereocenters. The number of anilines is 2. The average molecular weight is 1890 g/mol. The fourth-order valence-corrected chi connectivity index (χ4v) is 14.7. The van der Waals surface area contributed by atoms with Crippen LogP contribution in [0.4, 0.5) is 40.1 Å². The average Bonchev–Trinajstić information content (AvgIpc) is 0.773. The van der Waals surface area contributed by atoms with Crippen LogP contribution in [0, 0.1) is 0 Å². The Morgan fingerprint density at radius 3 is 0.902 bits per heavy atom. The summed E-state index contributed by atoms with van der Waals surface area (Å²) in [6.07, 6.45) is -10.5. The molecule has 0 fully saturated rings. The van der Waals surface area contributed by atoms with Crippen molar-refractivity contribution in [2.45, 2.75) is 269 Å². The van der Waals surface area contributed by atoms with Gasteiger partial charge in [0, 0.05) is 24.5 Å². The first-order valence-corrected chi connectivity index (χ1v) is 45.0. The van der Waals surface area contributed by atoms with Crippen molar-refractivity contribution in [1.82, 2.24) is 27.9 Å². The number of nitrogens with one attached hydrogen (secondary N) is 4. The normalized spacial score (nSPS) is 13.0. The van der Waals surface area contributed by atoms with E-state index < -0.39 is 208 Å². The molecule has 0 spiro atoms. The number of nitrogens with zero attached hydrogens (tertiary/aromatic N) is 6. The van der Waals surface area contributed by atoms with E-state index in [-0.39, 0.29) is 65.7 Å². The predicted octanol–water partition coefficient (Wildman–Crippen LogP) is 15.9. The van der Waals surface area contributed by atoms with Gasteiger partial charge in [-0.25, -0.2) is 38.4 Å². The van der Waals surface area contributed by atoms with Crippen molar-refractivity contribution in [2.75, 3.05) is 23.7 Å². The minimum Gasteiger partial charge on any atom is -0.460 e. The third kappa shape index (κ3) is 39.5. The van der Waals surface area contributed by atoms with Crippen LogP contribution in [0.25, 0.3) is 0 Å². The van der Waals surface area contributed by atoms with E-state index in [4.69, 9.17) is 56.8 Å². The molecular formula is C93H122N10O28S2. The van der Waals surface area contributed by atoms with Crippen LogP contribution in [0.2, 0.25) is 0 Å². The quantitative estimate of drug-likeness (QED) is 0.0107. The van der Waals surface area contributed by atoms with Crippen molar-refractivity contribution < 1.29 is 131 Å². The van der Waals surface area contributed by atoms with Gasteiger partial charge in [-0.1, -0.05) is 84.9 Å². The number of amides is 6. The Morgan fingerprint density at radius 1 is 0.338 bits per heavy atom. The highest BCUT2D eigenvalue weighted by atomic mass is 32.2. The smallest absolute Gasteiger partial charge is 0.437 e. The summed E-state index contributed by atoms with van der Waals surface area (Å²) in [5.74, 6) is -8.07. The lowest BCUT2D eigenvalue weighted by molar-refractivity contribution is -0.167. The number of carbonyl (C=O) groups excluding carboxylic acids is 12. The van der Waals surface area contributed by atoms with Crippen LogP contribution in [-0.4, -0.2) is 188 Å². The van der Waals surface area contributed by atoms with Gasteiger partial charge >= 0.3 is 92.8 Å². The highest BCUT2D eigenvalue weighted by Crippen LogP contribution is 2.31. The summed E-state index contributed by atoms with van der Waals surface area (Å²) in [7, 11) is -11.6. The first-order valence-electron chi connectivity index (χ1n) is 42.2.